The summed E-state index contributed by atoms with van der Waals surface area (Å²) in [5.41, 5.74) is 1.36. The molecule has 2 aliphatic heterocycles. The molecule has 1 aromatic carbocycles. The zero-order valence-electron chi connectivity index (χ0n) is 15.3. The van der Waals surface area contributed by atoms with Gasteiger partial charge in [0.15, 0.2) is 5.82 Å². The highest BCUT2D eigenvalue weighted by Crippen LogP contribution is 2.33. The average molecular weight is 361 g/mol. The Bertz CT molecular complexity index is 962. The Morgan fingerprint density at radius 3 is 2.59 bits per heavy atom. The summed E-state index contributed by atoms with van der Waals surface area (Å²) < 4.78 is 0. The van der Waals surface area contributed by atoms with Gasteiger partial charge in [-0.25, -0.2) is 0 Å². The van der Waals surface area contributed by atoms with Crippen LogP contribution in [0.2, 0.25) is 0 Å². The van der Waals surface area contributed by atoms with E-state index in [1.807, 2.05) is 24.3 Å². The fourth-order valence-corrected chi connectivity index (χ4v) is 4.52. The topological polar surface area (TPSA) is 74.2 Å². The van der Waals surface area contributed by atoms with Gasteiger partial charge in [0.25, 0.3) is 0 Å². The number of phenols is 1. The summed E-state index contributed by atoms with van der Waals surface area (Å²) in [6.45, 7) is 0. The van der Waals surface area contributed by atoms with E-state index in [1.165, 1.54) is 12.8 Å². The van der Waals surface area contributed by atoms with Gasteiger partial charge in [-0.1, -0.05) is 0 Å². The maximum Gasteiger partial charge on any atom is 0.151 e. The minimum absolute atomic E-state index is 0.195. The Hall–Kier alpha value is -2.73. The molecule has 4 heterocycles. The lowest BCUT2D eigenvalue weighted by Crippen LogP contribution is -2.47. The molecule has 0 aliphatic carbocycles. The van der Waals surface area contributed by atoms with Gasteiger partial charge < -0.3 is 15.3 Å². The molecule has 6 nitrogen and oxygen atoms in total. The quantitative estimate of drug-likeness (QED) is 0.747. The van der Waals surface area contributed by atoms with Gasteiger partial charge in [0.1, 0.15) is 5.75 Å². The smallest absolute Gasteiger partial charge is 0.151 e. The van der Waals surface area contributed by atoms with Crippen LogP contribution in [0, 0.1) is 0 Å². The summed E-state index contributed by atoms with van der Waals surface area (Å²) in [6.07, 6.45) is 8.40. The molecule has 5 rings (SSSR count). The van der Waals surface area contributed by atoms with Crippen molar-refractivity contribution in [3.8, 4) is 17.0 Å². The monoisotopic (exact) mass is 361 g/mol. The maximum absolute atomic E-state index is 10.4. The van der Waals surface area contributed by atoms with Crippen LogP contribution >= 0.6 is 0 Å². The van der Waals surface area contributed by atoms with E-state index in [4.69, 9.17) is 0 Å². The predicted molar refractivity (Wildman–Crippen MR) is 106 cm³/mol. The van der Waals surface area contributed by atoms with Crippen LogP contribution in [0.5, 0.6) is 5.75 Å². The third-order valence-corrected chi connectivity index (χ3v) is 6.04. The second kappa shape index (κ2) is 6.46. The molecule has 27 heavy (non-hydrogen) atoms. The van der Waals surface area contributed by atoms with Gasteiger partial charge in [0, 0.05) is 48.5 Å². The molecule has 2 N–H and O–H groups in total. The summed E-state index contributed by atoms with van der Waals surface area (Å²) >= 11 is 0. The summed E-state index contributed by atoms with van der Waals surface area (Å²) in [5, 5.41) is 24.9. The van der Waals surface area contributed by atoms with Crippen molar-refractivity contribution in [1.82, 2.24) is 20.5 Å². The summed E-state index contributed by atoms with van der Waals surface area (Å²) in [6, 6.07) is 11.3. The Balaban J connectivity index is 1.41. The number of rotatable bonds is 3. The minimum Gasteiger partial charge on any atom is -0.507 e. The van der Waals surface area contributed by atoms with Crippen molar-refractivity contribution < 1.29 is 5.11 Å². The number of benzene rings is 1. The Labute approximate surface area is 158 Å². The number of hydrogen-bond donors (Lipinski definition) is 2. The number of nitrogens with one attached hydrogen (secondary N) is 1. The number of aromatic hydroxyl groups is 1. The maximum atomic E-state index is 10.4. The van der Waals surface area contributed by atoms with Gasteiger partial charge in [0.05, 0.1) is 5.69 Å². The van der Waals surface area contributed by atoms with Crippen molar-refractivity contribution in [2.45, 2.75) is 43.8 Å². The number of phenolic OH excluding ortho intramolecular Hbond substituents is 1. The summed E-state index contributed by atoms with van der Waals surface area (Å²) in [4.78, 5) is 6.36. The van der Waals surface area contributed by atoms with Crippen LogP contribution in [-0.2, 0) is 0 Å². The van der Waals surface area contributed by atoms with Crippen LogP contribution < -0.4 is 10.2 Å². The third kappa shape index (κ3) is 3.00. The molecule has 0 radical (unpaired) electrons. The normalized spacial score (nSPS) is 24.3. The molecule has 2 saturated heterocycles. The van der Waals surface area contributed by atoms with E-state index in [2.05, 4.69) is 32.4 Å². The molecule has 2 fully saturated rings. The molecule has 138 valence electrons. The predicted octanol–water partition coefficient (Wildman–Crippen LogP) is 3.12. The van der Waals surface area contributed by atoms with Crippen molar-refractivity contribution in [3.05, 3.63) is 42.7 Å². The fourth-order valence-electron chi connectivity index (χ4n) is 4.52. The van der Waals surface area contributed by atoms with Crippen molar-refractivity contribution in [2.24, 2.45) is 0 Å². The van der Waals surface area contributed by atoms with Crippen LogP contribution in [0.1, 0.15) is 25.7 Å². The second-order valence-corrected chi connectivity index (χ2v) is 7.74. The standard InChI is InChI=1S/C21H23N5O/c1-26(17-10-15-2-3-16(11-17)23-15)21-5-4-19(24-25-21)18-8-13-6-7-22-12-14(13)9-20(18)27/h4-9,12,15-17,23,27H,2-3,10-11H2,1H3/t15-,16+,17-. The van der Waals surface area contributed by atoms with E-state index in [-0.39, 0.29) is 5.75 Å². The van der Waals surface area contributed by atoms with E-state index in [9.17, 15) is 5.11 Å². The number of nitrogens with zero attached hydrogens (tertiary/aromatic N) is 4. The largest absolute Gasteiger partial charge is 0.507 e. The highest BCUT2D eigenvalue weighted by molar-refractivity contribution is 5.89. The molecule has 2 aliphatic rings. The molecule has 3 atom stereocenters. The lowest BCUT2D eigenvalue weighted by atomic mass is 9.98. The van der Waals surface area contributed by atoms with Gasteiger partial charge in [0.2, 0.25) is 0 Å². The first-order valence-electron chi connectivity index (χ1n) is 9.57. The number of aromatic nitrogens is 3. The molecular weight excluding hydrogens is 338 g/mol. The lowest BCUT2D eigenvalue weighted by molar-refractivity contribution is 0.353. The zero-order valence-corrected chi connectivity index (χ0v) is 15.3. The SMILES string of the molecule is CN(c1ccc(-c2cc3ccncc3cc2O)nn1)[C@@H]1C[C@H]2CC[C@@H](C1)N2. The molecule has 6 heteroatoms. The Kier molecular flexibility index (Phi) is 3.93. The van der Waals surface area contributed by atoms with Gasteiger partial charge in [-0.3, -0.25) is 4.98 Å². The van der Waals surface area contributed by atoms with E-state index >= 15 is 0 Å². The van der Waals surface area contributed by atoms with Crippen molar-refractivity contribution >= 4 is 16.6 Å². The third-order valence-electron chi connectivity index (χ3n) is 6.04. The van der Waals surface area contributed by atoms with Crippen LogP contribution in [-0.4, -0.2) is 45.5 Å². The van der Waals surface area contributed by atoms with Crippen molar-refractivity contribution in [2.75, 3.05) is 11.9 Å². The zero-order chi connectivity index (χ0) is 18.4. The van der Waals surface area contributed by atoms with Crippen LogP contribution in [0.25, 0.3) is 22.0 Å². The highest BCUT2D eigenvalue weighted by Gasteiger charge is 2.35. The van der Waals surface area contributed by atoms with Crippen molar-refractivity contribution in [3.63, 3.8) is 0 Å². The molecule has 0 unspecified atom stereocenters. The van der Waals surface area contributed by atoms with Crippen molar-refractivity contribution in [1.29, 1.82) is 0 Å². The van der Waals surface area contributed by atoms with Gasteiger partial charge in [-0.05, 0) is 61.4 Å². The number of piperidine rings is 1. The Morgan fingerprint density at radius 1 is 1.04 bits per heavy atom. The number of fused-ring (bicyclic) bond motifs is 3. The molecule has 0 spiro atoms. The fraction of sp³-hybridized carbons (Fsp3) is 0.381. The van der Waals surface area contributed by atoms with Gasteiger partial charge in [-0.15, -0.1) is 10.2 Å². The molecule has 2 bridgehead atoms. The second-order valence-electron chi connectivity index (χ2n) is 7.74. The first kappa shape index (κ1) is 16.4. The Morgan fingerprint density at radius 2 is 1.85 bits per heavy atom. The first-order valence-corrected chi connectivity index (χ1v) is 9.57. The number of hydrogen-bond acceptors (Lipinski definition) is 6. The summed E-state index contributed by atoms with van der Waals surface area (Å²) in [7, 11) is 2.11. The van der Waals surface area contributed by atoms with Crippen LogP contribution in [0.15, 0.2) is 42.7 Å². The minimum atomic E-state index is 0.195. The molecule has 0 amide bonds. The number of anilines is 1. The highest BCUT2D eigenvalue weighted by atomic mass is 16.3. The molecule has 2 aromatic heterocycles. The van der Waals surface area contributed by atoms with E-state index in [1.54, 1.807) is 18.5 Å². The average Bonchev–Trinajstić information content (AvgIpc) is 3.04. The first-order chi connectivity index (χ1) is 13.2. The van der Waals surface area contributed by atoms with Crippen LogP contribution in [0.3, 0.4) is 0 Å². The van der Waals surface area contributed by atoms with Gasteiger partial charge >= 0.3 is 0 Å². The van der Waals surface area contributed by atoms with E-state index < -0.39 is 0 Å². The van der Waals surface area contributed by atoms with Gasteiger partial charge in [-0.2, -0.15) is 0 Å². The number of pyridine rings is 1. The summed E-state index contributed by atoms with van der Waals surface area (Å²) in [5.74, 6) is 1.08. The van der Waals surface area contributed by atoms with Crippen LogP contribution in [0.4, 0.5) is 5.82 Å². The van der Waals surface area contributed by atoms with E-state index in [0.717, 1.165) is 29.4 Å². The molecule has 3 aromatic rings. The lowest BCUT2D eigenvalue weighted by Gasteiger charge is -2.36. The molecular formula is C21H23N5O. The van der Waals surface area contributed by atoms with E-state index in [0.29, 0.717) is 29.4 Å². The molecule has 0 saturated carbocycles.